The Balaban J connectivity index is 2.02. The Hall–Kier alpha value is -1.99. The molecule has 0 spiro atoms. The zero-order chi connectivity index (χ0) is 13.0. The van der Waals surface area contributed by atoms with E-state index in [4.69, 9.17) is 10.00 Å². The highest BCUT2D eigenvalue weighted by atomic mass is 16.5. The van der Waals surface area contributed by atoms with E-state index in [0.29, 0.717) is 18.6 Å². The van der Waals surface area contributed by atoms with Crippen LogP contribution < -0.4 is 0 Å². The van der Waals surface area contributed by atoms with Gasteiger partial charge in [-0.05, 0) is 17.7 Å². The Bertz CT molecular complexity index is 499. The molecule has 0 aliphatic carbocycles. The highest BCUT2D eigenvalue weighted by Crippen LogP contribution is 2.14. The molecular weight excluding hydrogens is 230 g/mol. The van der Waals surface area contributed by atoms with Crippen molar-refractivity contribution in [3.05, 3.63) is 35.4 Å². The number of benzene rings is 1. The summed E-state index contributed by atoms with van der Waals surface area (Å²) in [6.45, 7) is 0.618. The molecule has 0 radical (unpaired) electrons. The number of ether oxygens (including phenoxy) is 1. The molecule has 1 aromatic rings. The summed E-state index contributed by atoms with van der Waals surface area (Å²) in [5.74, 6) is -0.751. The summed E-state index contributed by atoms with van der Waals surface area (Å²) in [6, 6.07) is 8.84. The van der Waals surface area contributed by atoms with E-state index < -0.39 is 5.92 Å². The first-order valence-corrected chi connectivity index (χ1v) is 5.83. The van der Waals surface area contributed by atoms with Crippen LogP contribution in [0.15, 0.2) is 24.3 Å². The number of nitriles is 1. The topological polar surface area (TPSA) is 67.2 Å². The van der Waals surface area contributed by atoms with Gasteiger partial charge < -0.3 is 4.74 Å². The highest BCUT2D eigenvalue weighted by Gasteiger charge is 2.29. The van der Waals surface area contributed by atoms with Gasteiger partial charge in [0.1, 0.15) is 11.6 Å². The van der Waals surface area contributed by atoms with E-state index in [2.05, 4.69) is 0 Å². The van der Waals surface area contributed by atoms with E-state index in [1.807, 2.05) is 6.07 Å². The fourth-order valence-corrected chi connectivity index (χ4v) is 1.94. The summed E-state index contributed by atoms with van der Waals surface area (Å²) >= 11 is 0. The summed E-state index contributed by atoms with van der Waals surface area (Å²) in [6.07, 6.45) is 0.537. The molecule has 1 aliphatic heterocycles. The molecule has 0 amide bonds. The Kier molecular flexibility index (Phi) is 3.85. The lowest BCUT2D eigenvalue weighted by molar-refractivity contribution is -0.139. The second kappa shape index (κ2) is 5.56. The Morgan fingerprint density at radius 2 is 2.11 bits per heavy atom. The van der Waals surface area contributed by atoms with Gasteiger partial charge in [-0.1, -0.05) is 12.1 Å². The Labute approximate surface area is 105 Å². The molecule has 18 heavy (non-hydrogen) atoms. The Morgan fingerprint density at radius 1 is 1.39 bits per heavy atom. The minimum atomic E-state index is -0.616. The van der Waals surface area contributed by atoms with Gasteiger partial charge in [-0.15, -0.1) is 0 Å². The zero-order valence-corrected chi connectivity index (χ0v) is 9.89. The summed E-state index contributed by atoms with van der Waals surface area (Å²) < 4.78 is 5.16. The number of carbonyl (C=O) groups is 2. The first-order valence-electron chi connectivity index (χ1n) is 5.83. The van der Waals surface area contributed by atoms with Crippen molar-refractivity contribution >= 4 is 11.6 Å². The maximum atomic E-state index is 12.0. The first-order chi connectivity index (χ1) is 8.70. The molecule has 0 bridgehead atoms. The zero-order valence-electron chi connectivity index (χ0n) is 9.89. The normalized spacial score (nSPS) is 19.3. The van der Waals surface area contributed by atoms with Crippen LogP contribution in [0.25, 0.3) is 0 Å². The minimum absolute atomic E-state index is 0.0279. The quantitative estimate of drug-likeness (QED) is 0.750. The molecule has 1 atom stereocenters. The van der Waals surface area contributed by atoms with Crippen LogP contribution >= 0.6 is 0 Å². The largest absolute Gasteiger partial charge is 0.380 e. The van der Waals surface area contributed by atoms with Crippen molar-refractivity contribution in [1.82, 2.24) is 0 Å². The first kappa shape index (κ1) is 12.5. The van der Waals surface area contributed by atoms with Crippen molar-refractivity contribution in [3.63, 3.8) is 0 Å². The lowest BCUT2D eigenvalue weighted by Crippen LogP contribution is -2.34. The number of hydrogen-bond acceptors (Lipinski definition) is 4. The van der Waals surface area contributed by atoms with Gasteiger partial charge in [0.2, 0.25) is 0 Å². The van der Waals surface area contributed by atoms with Crippen molar-refractivity contribution in [2.24, 2.45) is 5.92 Å². The molecule has 1 aliphatic rings. The molecule has 1 saturated heterocycles. The van der Waals surface area contributed by atoms with Crippen LogP contribution in [0.4, 0.5) is 0 Å². The molecule has 0 N–H and O–H groups in total. The van der Waals surface area contributed by atoms with Crippen LogP contribution in [-0.2, 0) is 20.7 Å². The van der Waals surface area contributed by atoms with E-state index in [1.54, 1.807) is 24.3 Å². The number of ketones is 2. The maximum Gasteiger partial charge on any atom is 0.150 e. The third-order valence-electron chi connectivity index (χ3n) is 3.02. The lowest BCUT2D eigenvalue weighted by atomic mass is 9.92. The predicted octanol–water partition coefficient (Wildman–Crippen LogP) is 1.28. The SMILES string of the molecule is N#Cc1ccc(CC(=O)C2COCCC2=O)cc1. The summed E-state index contributed by atoms with van der Waals surface area (Å²) in [7, 11) is 0. The van der Waals surface area contributed by atoms with Crippen molar-refractivity contribution in [2.75, 3.05) is 13.2 Å². The van der Waals surface area contributed by atoms with Gasteiger partial charge in [0.05, 0.1) is 30.8 Å². The number of carbonyl (C=O) groups excluding carboxylic acids is 2. The van der Waals surface area contributed by atoms with Gasteiger partial charge >= 0.3 is 0 Å². The standard InChI is InChI=1S/C14H13NO3/c15-8-11-3-1-10(2-4-11)7-14(17)12-9-18-6-5-13(12)16/h1-4,12H,5-7,9H2. The van der Waals surface area contributed by atoms with Crippen LogP contribution in [0, 0.1) is 17.2 Å². The van der Waals surface area contributed by atoms with Gasteiger partial charge in [-0.25, -0.2) is 0 Å². The number of rotatable bonds is 3. The molecule has 4 heteroatoms. The number of Topliss-reactive ketones (excluding diaryl/α,β-unsaturated/α-hetero) is 2. The second-order valence-corrected chi connectivity index (χ2v) is 4.30. The smallest absolute Gasteiger partial charge is 0.150 e. The van der Waals surface area contributed by atoms with Crippen LogP contribution in [0.2, 0.25) is 0 Å². The Morgan fingerprint density at radius 3 is 2.72 bits per heavy atom. The van der Waals surface area contributed by atoms with Gasteiger partial charge in [-0.3, -0.25) is 9.59 Å². The highest BCUT2D eigenvalue weighted by molar-refractivity contribution is 6.03. The fraction of sp³-hybridized carbons (Fsp3) is 0.357. The maximum absolute atomic E-state index is 12.0. The molecule has 1 heterocycles. The second-order valence-electron chi connectivity index (χ2n) is 4.30. The lowest BCUT2D eigenvalue weighted by Gasteiger charge is -2.19. The van der Waals surface area contributed by atoms with E-state index in [-0.39, 0.29) is 24.6 Å². The van der Waals surface area contributed by atoms with E-state index in [0.717, 1.165) is 5.56 Å². The average molecular weight is 243 g/mol. The van der Waals surface area contributed by atoms with E-state index in [9.17, 15) is 9.59 Å². The number of hydrogen-bond donors (Lipinski definition) is 0. The predicted molar refractivity (Wildman–Crippen MR) is 63.8 cm³/mol. The monoisotopic (exact) mass is 243 g/mol. The summed E-state index contributed by atoms with van der Waals surface area (Å²) in [5, 5.41) is 8.67. The number of nitrogens with zero attached hydrogens (tertiary/aromatic N) is 1. The third kappa shape index (κ3) is 2.82. The van der Waals surface area contributed by atoms with Crippen molar-refractivity contribution in [1.29, 1.82) is 5.26 Å². The van der Waals surface area contributed by atoms with Crippen molar-refractivity contribution < 1.29 is 14.3 Å². The molecule has 0 saturated carbocycles. The summed E-state index contributed by atoms with van der Waals surface area (Å²) in [5.41, 5.74) is 1.38. The van der Waals surface area contributed by atoms with Crippen molar-refractivity contribution in [3.8, 4) is 6.07 Å². The molecule has 1 unspecified atom stereocenters. The molecule has 92 valence electrons. The van der Waals surface area contributed by atoms with Gasteiger partial charge in [0.15, 0.2) is 0 Å². The molecule has 0 aromatic heterocycles. The van der Waals surface area contributed by atoms with Gasteiger partial charge in [-0.2, -0.15) is 5.26 Å². The molecular formula is C14H13NO3. The summed E-state index contributed by atoms with van der Waals surface area (Å²) in [4.78, 5) is 23.5. The van der Waals surface area contributed by atoms with Crippen LogP contribution in [0.1, 0.15) is 17.5 Å². The van der Waals surface area contributed by atoms with Crippen molar-refractivity contribution in [2.45, 2.75) is 12.8 Å². The van der Waals surface area contributed by atoms with Crippen LogP contribution in [0.5, 0.6) is 0 Å². The van der Waals surface area contributed by atoms with Crippen LogP contribution in [0.3, 0.4) is 0 Å². The van der Waals surface area contributed by atoms with E-state index >= 15 is 0 Å². The van der Waals surface area contributed by atoms with Crippen LogP contribution in [-0.4, -0.2) is 24.8 Å². The van der Waals surface area contributed by atoms with Gasteiger partial charge in [0.25, 0.3) is 0 Å². The molecule has 1 fully saturated rings. The molecule has 1 aromatic carbocycles. The third-order valence-corrected chi connectivity index (χ3v) is 3.02. The van der Waals surface area contributed by atoms with E-state index in [1.165, 1.54) is 0 Å². The minimum Gasteiger partial charge on any atom is -0.380 e. The molecule has 2 rings (SSSR count). The molecule has 4 nitrogen and oxygen atoms in total. The average Bonchev–Trinajstić information content (AvgIpc) is 2.40. The fourth-order valence-electron chi connectivity index (χ4n) is 1.94. The van der Waals surface area contributed by atoms with Gasteiger partial charge in [0, 0.05) is 12.8 Å².